The molecular formula is C14H18N2O3S. The third-order valence-corrected chi connectivity index (χ3v) is 4.88. The Morgan fingerprint density at radius 3 is 2.75 bits per heavy atom. The van der Waals surface area contributed by atoms with Crippen LogP contribution in [0.2, 0.25) is 0 Å². The van der Waals surface area contributed by atoms with Crippen molar-refractivity contribution in [3.05, 3.63) is 29.8 Å². The summed E-state index contributed by atoms with van der Waals surface area (Å²) in [6, 6.07) is 6.33. The maximum atomic E-state index is 12.3. The second-order valence-electron chi connectivity index (χ2n) is 4.79. The van der Waals surface area contributed by atoms with Crippen LogP contribution in [0.15, 0.2) is 24.3 Å². The highest BCUT2D eigenvalue weighted by atomic mass is 32.2. The minimum absolute atomic E-state index is 0.105. The number of hydrogen-bond acceptors (Lipinski definition) is 3. The average Bonchev–Trinajstić information content (AvgIpc) is 2.42. The van der Waals surface area contributed by atoms with E-state index in [1.807, 2.05) is 18.7 Å². The number of carbonyl (C=O) groups is 2. The number of urea groups is 1. The summed E-state index contributed by atoms with van der Waals surface area (Å²) in [5.74, 6) is -0.143. The van der Waals surface area contributed by atoms with Gasteiger partial charge in [-0.3, -0.25) is 0 Å². The quantitative estimate of drug-likeness (QED) is 0.880. The third kappa shape index (κ3) is 3.07. The molecule has 2 rings (SSSR count). The normalized spacial score (nSPS) is 22.4. The molecule has 1 fully saturated rings. The zero-order chi connectivity index (χ0) is 14.7. The lowest BCUT2D eigenvalue weighted by molar-refractivity contribution is 0.0698. The minimum Gasteiger partial charge on any atom is -0.478 e. The summed E-state index contributed by atoms with van der Waals surface area (Å²) < 4.78 is 0. The molecule has 2 amide bonds. The molecule has 2 atom stereocenters. The summed E-state index contributed by atoms with van der Waals surface area (Å²) in [7, 11) is 0. The lowest BCUT2D eigenvalue weighted by Crippen LogP contribution is -2.49. The SMILES string of the molecule is CC1SCCN(C(=O)Nc2ccccc2C(=O)O)C1C. The number of rotatable bonds is 2. The van der Waals surface area contributed by atoms with Gasteiger partial charge in [-0.25, -0.2) is 9.59 Å². The van der Waals surface area contributed by atoms with Crippen LogP contribution in [-0.4, -0.2) is 45.6 Å². The predicted molar refractivity (Wildman–Crippen MR) is 80.5 cm³/mol. The Balaban J connectivity index is 2.14. The summed E-state index contributed by atoms with van der Waals surface area (Å²) in [5, 5.41) is 12.2. The Morgan fingerprint density at radius 1 is 1.35 bits per heavy atom. The molecule has 1 aliphatic rings. The smallest absolute Gasteiger partial charge is 0.337 e. The number of aromatic carboxylic acids is 1. The molecule has 6 heteroatoms. The number of nitrogens with one attached hydrogen (secondary N) is 1. The van der Waals surface area contributed by atoms with Crippen LogP contribution in [0, 0.1) is 0 Å². The van der Waals surface area contributed by atoms with Gasteiger partial charge in [0.1, 0.15) is 0 Å². The molecule has 2 N–H and O–H groups in total. The number of benzene rings is 1. The van der Waals surface area contributed by atoms with Crippen LogP contribution in [0.3, 0.4) is 0 Å². The van der Waals surface area contributed by atoms with Gasteiger partial charge in [0.15, 0.2) is 0 Å². The monoisotopic (exact) mass is 294 g/mol. The zero-order valence-corrected chi connectivity index (χ0v) is 12.3. The van der Waals surface area contributed by atoms with Crippen molar-refractivity contribution in [1.82, 2.24) is 4.90 Å². The van der Waals surface area contributed by atoms with Gasteiger partial charge < -0.3 is 15.3 Å². The number of carboxylic acid groups (broad SMARTS) is 1. The molecule has 2 unspecified atom stereocenters. The number of carbonyl (C=O) groups excluding carboxylic acids is 1. The van der Waals surface area contributed by atoms with E-state index in [1.54, 1.807) is 23.1 Å². The van der Waals surface area contributed by atoms with Gasteiger partial charge >= 0.3 is 12.0 Å². The van der Waals surface area contributed by atoms with Crippen molar-refractivity contribution in [2.45, 2.75) is 25.1 Å². The molecule has 1 aliphatic heterocycles. The first-order chi connectivity index (χ1) is 9.50. The molecule has 0 bridgehead atoms. The minimum atomic E-state index is -1.04. The number of thioether (sulfide) groups is 1. The van der Waals surface area contributed by atoms with E-state index in [-0.39, 0.29) is 17.6 Å². The van der Waals surface area contributed by atoms with Crippen molar-refractivity contribution in [2.24, 2.45) is 0 Å². The lowest BCUT2D eigenvalue weighted by Gasteiger charge is -2.37. The Labute approximate surface area is 122 Å². The molecule has 1 aromatic rings. The van der Waals surface area contributed by atoms with Crippen LogP contribution < -0.4 is 5.32 Å². The number of nitrogens with zero attached hydrogens (tertiary/aromatic N) is 1. The van der Waals surface area contributed by atoms with Gasteiger partial charge in [-0.2, -0.15) is 11.8 Å². The fraction of sp³-hybridized carbons (Fsp3) is 0.429. The van der Waals surface area contributed by atoms with Crippen LogP contribution in [-0.2, 0) is 0 Å². The first-order valence-electron chi connectivity index (χ1n) is 6.52. The fourth-order valence-corrected chi connectivity index (χ4v) is 3.28. The third-order valence-electron chi connectivity index (χ3n) is 3.54. The van der Waals surface area contributed by atoms with E-state index in [4.69, 9.17) is 5.11 Å². The van der Waals surface area contributed by atoms with Gasteiger partial charge in [-0.1, -0.05) is 19.1 Å². The summed E-state index contributed by atoms with van der Waals surface area (Å²) in [4.78, 5) is 25.2. The molecule has 0 radical (unpaired) electrons. The molecule has 0 aliphatic carbocycles. The lowest BCUT2D eigenvalue weighted by atomic mass is 10.2. The maximum absolute atomic E-state index is 12.3. The van der Waals surface area contributed by atoms with Crippen molar-refractivity contribution in [1.29, 1.82) is 0 Å². The van der Waals surface area contributed by atoms with E-state index < -0.39 is 5.97 Å². The first kappa shape index (κ1) is 14.7. The molecule has 20 heavy (non-hydrogen) atoms. The van der Waals surface area contributed by atoms with Gasteiger partial charge in [-0.05, 0) is 19.1 Å². The summed E-state index contributed by atoms with van der Waals surface area (Å²) in [6.45, 7) is 4.79. The first-order valence-corrected chi connectivity index (χ1v) is 7.57. The Hall–Kier alpha value is -1.69. The van der Waals surface area contributed by atoms with Crippen molar-refractivity contribution >= 4 is 29.4 Å². The van der Waals surface area contributed by atoms with Gasteiger partial charge in [-0.15, -0.1) is 0 Å². The molecule has 0 aromatic heterocycles. The van der Waals surface area contributed by atoms with Gasteiger partial charge in [0.05, 0.1) is 11.3 Å². The molecule has 0 saturated carbocycles. The van der Waals surface area contributed by atoms with Crippen LogP contribution in [0.1, 0.15) is 24.2 Å². The van der Waals surface area contributed by atoms with Gasteiger partial charge in [0.2, 0.25) is 0 Å². The van der Waals surface area contributed by atoms with Crippen LogP contribution in [0.25, 0.3) is 0 Å². The summed E-state index contributed by atoms with van der Waals surface area (Å²) in [6.07, 6.45) is 0. The van der Waals surface area contributed by atoms with Crippen LogP contribution in [0.5, 0.6) is 0 Å². The fourth-order valence-electron chi connectivity index (χ4n) is 2.19. The number of carboxylic acids is 1. The highest BCUT2D eigenvalue weighted by Crippen LogP contribution is 2.25. The van der Waals surface area contributed by atoms with Crippen molar-refractivity contribution in [3.8, 4) is 0 Å². The van der Waals surface area contributed by atoms with Gasteiger partial charge in [0, 0.05) is 23.6 Å². The van der Waals surface area contributed by atoms with Crippen LogP contribution in [0.4, 0.5) is 10.5 Å². The average molecular weight is 294 g/mol. The highest BCUT2D eigenvalue weighted by Gasteiger charge is 2.29. The van der Waals surface area contributed by atoms with Crippen LogP contribution >= 0.6 is 11.8 Å². The van der Waals surface area contributed by atoms with E-state index in [2.05, 4.69) is 12.2 Å². The molecule has 1 heterocycles. The number of para-hydroxylation sites is 1. The van der Waals surface area contributed by atoms with E-state index in [9.17, 15) is 9.59 Å². The predicted octanol–water partition coefficient (Wildman–Crippen LogP) is 2.74. The zero-order valence-electron chi connectivity index (χ0n) is 11.5. The molecule has 0 spiro atoms. The number of hydrogen-bond donors (Lipinski definition) is 2. The molecule has 5 nitrogen and oxygen atoms in total. The topological polar surface area (TPSA) is 69.6 Å². The molecular weight excluding hydrogens is 276 g/mol. The van der Waals surface area contributed by atoms with E-state index >= 15 is 0 Å². The Kier molecular flexibility index (Phi) is 4.54. The summed E-state index contributed by atoms with van der Waals surface area (Å²) >= 11 is 1.85. The number of anilines is 1. The van der Waals surface area contributed by atoms with E-state index in [1.165, 1.54) is 6.07 Å². The van der Waals surface area contributed by atoms with E-state index in [0.717, 1.165) is 5.75 Å². The Morgan fingerprint density at radius 2 is 2.05 bits per heavy atom. The largest absolute Gasteiger partial charge is 0.478 e. The molecule has 1 aromatic carbocycles. The number of amides is 2. The molecule has 1 saturated heterocycles. The Bertz CT molecular complexity index is 521. The molecule has 108 valence electrons. The van der Waals surface area contributed by atoms with E-state index in [0.29, 0.717) is 17.5 Å². The maximum Gasteiger partial charge on any atom is 0.337 e. The highest BCUT2D eigenvalue weighted by molar-refractivity contribution is 8.00. The second-order valence-corrected chi connectivity index (χ2v) is 6.28. The van der Waals surface area contributed by atoms with Crippen molar-refractivity contribution in [2.75, 3.05) is 17.6 Å². The summed E-state index contributed by atoms with van der Waals surface area (Å²) in [5.41, 5.74) is 0.441. The van der Waals surface area contributed by atoms with Crippen molar-refractivity contribution in [3.63, 3.8) is 0 Å². The standard InChI is InChI=1S/C14H18N2O3S/c1-9-10(2)20-8-7-16(9)14(19)15-12-6-4-3-5-11(12)13(17)18/h3-6,9-10H,7-8H2,1-2H3,(H,15,19)(H,17,18). The second kappa shape index (κ2) is 6.17. The van der Waals surface area contributed by atoms with Crippen molar-refractivity contribution < 1.29 is 14.7 Å². The van der Waals surface area contributed by atoms with Gasteiger partial charge in [0.25, 0.3) is 0 Å².